The highest BCUT2D eigenvalue weighted by molar-refractivity contribution is 8.00. The number of thiazole rings is 1. The van der Waals surface area contributed by atoms with E-state index in [1.807, 2.05) is 54.6 Å². The molecular weight excluding hydrogens is 476 g/mol. The number of halogens is 1. The van der Waals surface area contributed by atoms with Gasteiger partial charge < -0.3 is 4.98 Å². The summed E-state index contributed by atoms with van der Waals surface area (Å²) in [6.45, 7) is 0. The van der Waals surface area contributed by atoms with Gasteiger partial charge in [-0.3, -0.25) is 19.3 Å². The van der Waals surface area contributed by atoms with Crippen LogP contribution in [0.5, 0.6) is 0 Å². The Morgan fingerprint density at radius 2 is 1.61 bits per heavy atom. The summed E-state index contributed by atoms with van der Waals surface area (Å²) in [6.07, 6.45) is 0.890. The molecule has 0 unspecified atom stereocenters. The third-order valence-electron chi connectivity index (χ3n) is 7.97. The van der Waals surface area contributed by atoms with Gasteiger partial charge in [-0.15, -0.1) is 11.8 Å². The van der Waals surface area contributed by atoms with Crippen LogP contribution in [0.1, 0.15) is 22.8 Å². The number of nitrogens with zero attached hydrogens (tertiary/aromatic N) is 1. The van der Waals surface area contributed by atoms with Crippen molar-refractivity contribution >= 4 is 52.2 Å². The summed E-state index contributed by atoms with van der Waals surface area (Å²) >= 11 is 9.15. The van der Waals surface area contributed by atoms with E-state index in [4.69, 9.17) is 11.6 Å². The summed E-state index contributed by atoms with van der Waals surface area (Å²) in [4.78, 5) is 44.9. The van der Waals surface area contributed by atoms with E-state index in [-0.39, 0.29) is 57.4 Å². The number of anilines is 1. The lowest BCUT2D eigenvalue weighted by Gasteiger charge is -2.43. The molecule has 3 heterocycles. The zero-order valence-electron chi connectivity index (χ0n) is 17.3. The molecule has 3 fully saturated rings. The van der Waals surface area contributed by atoms with Crippen molar-refractivity contribution in [3.8, 4) is 0 Å². The fourth-order valence-electron chi connectivity index (χ4n) is 6.89. The minimum Gasteiger partial charge on any atom is -0.307 e. The Kier molecular flexibility index (Phi) is 4.30. The van der Waals surface area contributed by atoms with E-state index in [9.17, 15) is 14.4 Å². The lowest BCUT2D eigenvalue weighted by molar-refractivity contribution is -0.123. The predicted octanol–water partition coefficient (Wildman–Crippen LogP) is 4.77. The quantitative estimate of drug-likeness (QED) is 0.521. The number of para-hydroxylation sites is 1. The molecule has 7 rings (SSSR count). The molecule has 1 saturated heterocycles. The first kappa shape index (κ1) is 20.1. The first-order valence-electron chi connectivity index (χ1n) is 11.1. The van der Waals surface area contributed by atoms with E-state index in [2.05, 4.69) is 4.98 Å². The molecule has 2 bridgehead atoms. The van der Waals surface area contributed by atoms with Crippen LogP contribution < -0.4 is 9.77 Å². The van der Waals surface area contributed by atoms with E-state index in [1.165, 1.54) is 16.2 Å². The van der Waals surface area contributed by atoms with Crippen molar-refractivity contribution in [1.29, 1.82) is 0 Å². The van der Waals surface area contributed by atoms with Crippen molar-refractivity contribution in [3.05, 3.63) is 79.7 Å². The Hall–Kier alpha value is -2.35. The van der Waals surface area contributed by atoms with Gasteiger partial charge in [-0.25, -0.2) is 0 Å². The Bertz CT molecular complexity index is 1350. The van der Waals surface area contributed by atoms with Gasteiger partial charge in [0.05, 0.1) is 22.5 Å². The number of rotatable bonds is 2. The number of benzene rings is 2. The maximum absolute atomic E-state index is 13.6. The number of hydrogen-bond donors (Lipinski definition) is 1. The van der Waals surface area contributed by atoms with Gasteiger partial charge in [0.1, 0.15) is 0 Å². The molecular formula is C25H19ClN2O3S2. The molecule has 2 saturated carbocycles. The van der Waals surface area contributed by atoms with E-state index < -0.39 is 0 Å². The number of aromatic amines is 1. The number of nitrogens with one attached hydrogen (secondary N) is 1. The van der Waals surface area contributed by atoms with Crippen molar-refractivity contribution in [2.24, 2.45) is 29.6 Å². The van der Waals surface area contributed by atoms with Gasteiger partial charge in [0, 0.05) is 21.1 Å². The number of carbonyl (C=O) groups excluding carboxylic acids is 2. The first-order chi connectivity index (χ1) is 16.0. The zero-order valence-corrected chi connectivity index (χ0v) is 19.7. The predicted molar refractivity (Wildman–Crippen MR) is 129 cm³/mol. The Labute approximate surface area is 203 Å². The number of thioether (sulfide) groups is 1. The second-order valence-electron chi connectivity index (χ2n) is 9.36. The van der Waals surface area contributed by atoms with Crippen molar-refractivity contribution in [2.75, 3.05) is 4.90 Å². The molecule has 33 heavy (non-hydrogen) atoms. The van der Waals surface area contributed by atoms with Crippen LogP contribution in [0, 0.1) is 29.6 Å². The molecule has 7 atom stereocenters. The molecule has 8 heteroatoms. The zero-order chi connectivity index (χ0) is 22.4. The molecule has 2 amide bonds. The second-order valence-corrected chi connectivity index (χ2v) is 12.0. The third kappa shape index (κ3) is 2.70. The summed E-state index contributed by atoms with van der Waals surface area (Å²) < 4.78 is 0. The topological polar surface area (TPSA) is 70.2 Å². The lowest BCUT2D eigenvalue weighted by Crippen LogP contribution is -2.42. The molecule has 2 aliphatic carbocycles. The maximum atomic E-state index is 13.6. The lowest BCUT2D eigenvalue weighted by atomic mass is 9.68. The fraction of sp³-hybridized carbons (Fsp3) is 0.320. The average Bonchev–Trinajstić information content (AvgIpc) is 3.54. The number of fused-ring (bicyclic) bond motifs is 9. The van der Waals surface area contributed by atoms with Crippen LogP contribution in [0.4, 0.5) is 5.69 Å². The minimum atomic E-state index is -0.281. The molecule has 166 valence electrons. The monoisotopic (exact) mass is 494 g/mol. The normalized spacial score (nSPS) is 33.8. The van der Waals surface area contributed by atoms with Gasteiger partial charge in [-0.1, -0.05) is 53.3 Å². The number of H-pyrrole nitrogens is 1. The van der Waals surface area contributed by atoms with E-state index in [1.54, 1.807) is 11.8 Å². The molecule has 0 radical (unpaired) electrons. The van der Waals surface area contributed by atoms with Crippen molar-refractivity contribution in [2.45, 2.75) is 22.6 Å². The number of aromatic nitrogens is 1. The average molecular weight is 495 g/mol. The van der Waals surface area contributed by atoms with Gasteiger partial charge in [0.25, 0.3) is 0 Å². The van der Waals surface area contributed by atoms with Gasteiger partial charge >= 0.3 is 4.87 Å². The molecule has 0 spiro atoms. The van der Waals surface area contributed by atoms with Crippen molar-refractivity contribution < 1.29 is 9.59 Å². The summed E-state index contributed by atoms with van der Waals surface area (Å²) in [6, 6.07) is 17.1. The van der Waals surface area contributed by atoms with Crippen LogP contribution in [-0.2, 0) is 9.59 Å². The molecule has 4 aliphatic rings. The number of hydrogen-bond acceptors (Lipinski definition) is 5. The van der Waals surface area contributed by atoms with Gasteiger partial charge in [0.2, 0.25) is 11.8 Å². The van der Waals surface area contributed by atoms with E-state index in [0.717, 1.165) is 21.9 Å². The highest BCUT2D eigenvalue weighted by Crippen LogP contribution is 2.68. The van der Waals surface area contributed by atoms with E-state index in [0.29, 0.717) is 10.7 Å². The Balaban J connectivity index is 1.34. The van der Waals surface area contributed by atoms with Crippen LogP contribution in [0.2, 0.25) is 5.02 Å². The molecule has 5 nitrogen and oxygen atoms in total. The summed E-state index contributed by atoms with van der Waals surface area (Å²) in [5.74, 6) is -0.192. The smallest absolute Gasteiger partial charge is 0.305 e. The van der Waals surface area contributed by atoms with Crippen molar-refractivity contribution in [1.82, 2.24) is 4.98 Å². The summed E-state index contributed by atoms with van der Waals surface area (Å²) in [5, 5.41) is 1.79. The highest BCUT2D eigenvalue weighted by Gasteiger charge is 2.69. The summed E-state index contributed by atoms with van der Waals surface area (Å²) in [7, 11) is 0. The van der Waals surface area contributed by atoms with Crippen LogP contribution in [0.3, 0.4) is 0 Å². The van der Waals surface area contributed by atoms with E-state index >= 15 is 0 Å². The van der Waals surface area contributed by atoms with Gasteiger partial charge in [0.15, 0.2) is 0 Å². The SMILES string of the molecule is O=C1[C@@H]2[C@@H]3C[C@@H]([C@H]4Sc5[nH]c(=O)sc5[C@@H](c5ccc(Cl)cc5)[C@H]34)[C@@H]2C(=O)N1c1ccccc1. The van der Waals surface area contributed by atoms with Crippen LogP contribution in [0.15, 0.2) is 64.4 Å². The standard InChI is InChI=1S/C25H19ClN2O3S2/c26-12-8-6-11(7-9-12)16-17-14-10-15(20(17)32-22-21(16)33-25(31)27-22)19-18(14)23(29)28(24(19)30)13-4-2-1-3-5-13/h1-9,14-20H,10H2,(H,27,31)/t14-,15-,16+,17+,18-,19+,20-/m1/s1. The first-order valence-corrected chi connectivity index (χ1v) is 13.2. The Morgan fingerprint density at radius 1 is 0.909 bits per heavy atom. The minimum absolute atomic E-state index is 0.0251. The van der Waals surface area contributed by atoms with Crippen LogP contribution >= 0.6 is 34.7 Å². The van der Waals surface area contributed by atoms with Gasteiger partial charge in [-0.2, -0.15) is 0 Å². The number of carbonyl (C=O) groups is 2. The maximum Gasteiger partial charge on any atom is 0.305 e. The summed E-state index contributed by atoms with van der Waals surface area (Å²) in [5.41, 5.74) is 1.78. The van der Waals surface area contributed by atoms with Crippen LogP contribution in [-0.4, -0.2) is 22.0 Å². The molecule has 1 aromatic heterocycles. The third-order valence-corrected chi connectivity index (χ3v) is 10.8. The van der Waals surface area contributed by atoms with Crippen LogP contribution in [0.25, 0.3) is 0 Å². The molecule has 1 N–H and O–H groups in total. The number of imide groups is 1. The molecule has 3 aromatic rings. The van der Waals surface area contributed by atoms with Crippen molar-refractivity contribution in [3.63, 3.8) is 0 Å². The second kappa shape index (κ2) is 7.08. The van der Waals surface area contributed by atoms with Gasteiger partial charge in [-0.05, 0) is 54.0 Å². The Morgan fingerprint density at radius 3 is 2.33 bits per heavy atom. The molecule has 2 aromatic carbocycles. The highest BCUT2D eigenvalue weighted by atomic mass is 35.5. The fourth-order valence-corrected chi connectivity index (χ4v) is 9.91. The number of amides is 2. The molecule has 2 aliphatic heterocycles. The largest absolute Gasteiger partial charge is 0.307 e.